The van der Waals surface area contributed by atoms with Gasteiger partial charge in [-0.25, -0.2) is 0 Å². The number of carbonyl (C=O) groups excluding carboxylic acids is 1. The second kappa shape index (κ2) is 6.13. The van der Waals surface area contributed by atoms with Gasteiger partial charge in [0, 0.05) is 5.56 Å². The van der Waals surface area contributed by atoms with Crippen molar-refractivity contribution in [3.63, 3.8) is 0 Å². The molecule has 0 radical (unpaired) electrons. The second-order valence-electron chi connectivity index (χ2n) is 5.80. The van der Waals surface area contributed by atoms with Gasteiger partial charge in [0.15, 0.2) is 0 Å². The second-order valence-corrected chi connectivity index (χ2v) is 5.80. The molecule has 0 heterocycles. The highest BCUT2D eigenvalue weighted by atomic mass is 16.1. The quantitative estimate of drug-likeness (QED) is 0.887. The highest BCUT2D eigenvalue weighted by molar-refractivity contribution is 5.96. The molecule has 1 atom stereocenters. The van der Waals surface area contributed by atoms with Crippen LogP contribution >= 0.6 is 0 Å². The lowest BCUT2D eigenvalue weighted by Crippen LogP contribution is -2.28. The maximum Gasteiger partial charge on any atom is 0.252 e. The van der Waals surface area contributed by atoms with E-state index >= 15 is 0 Å². The SMILES string of the molecule is Cc1ccc(C)c(C(C)NC(=O)c2cccc(C)c2C)c1. The molecule has 0 aliphatic carbocycles. The van der Waals surface area contributed by atoms with Crippen molar-refractivity contribution in [2.24, 2.45) is 0 Å². The number of carbonyl (C=O) groups is 1. The normalized spacial score (nSPS) is 12.0. The molecule has 0 spiro atoms. The molecule has 2 rings (SSSR count). The van der Waals surface area contributed by atoms with E-state index in [4.69, 9.17) is 0 Å². The van der Waals surface area contributed by atoms with E-state index in [-0.39, 0.29) is 11.9 Å². The van der Waals surface area contributed by atoms with Crippen LogP contribution in [-0.2, 0) is 0 Å². The summed E-state index contributed by atoms with van der Waals surface area (Å²) >= 11 is 0. The van der Waals surface area contributed by atoms with E-state index in [0.29, 0.717) is 0 Å². The van der Waals surface area contributed by atoms with Gasteiger partial charge >= 0.3 is 0 Å². The predicted molar refractivity (Wildman–Crippen MR) is 87.7 cm³/mol. The minimum absolute atomic E-state index is 0.00249. The molecule has 1 unspecified atom stereocenters. The van der Waals surface area contributed by atoms with E-state index in [1.54, 1.807) is 0 Å². The first kappa shape index (κ1) is 15.3. The summed E-state index contributed by atoms with van der Waals surface area (Å²) in [5, 5.41) is 3.11. The molecule has 0 saturated carbocycles. The van der Waals surface area contributed by atoms with Crippen molar-refractivity contribution in [3.05, 3.63) is 69.8 Å². The van der Waals surface area contributed by atoms with Crippen LogP contribution in [0.25, 0.3) is 0 Å². The smallest absolute Gasteiger partial charge is 0.252 e. The lowest BCUT2D eigenvalue weighted by atomic mass is 9.98. The molecule has 2 nitrogen and oxygen atoms in total. The first-order valence-electron chi connectivity index (χ1n) is 7.34. The van der Waals surface area contributed by atoms with E-state index in [1.165, 1.54) is 16.7 Å². The van der Waals surface area contributed by atoms with Gasteiger partial charge < -0.3 is 5.32 Å². The molecule has 21 heavy (non-hydrogen) atoms. The van der Waals surface area contributed by atoms with E-state index in [1.807, 2.05) is 39.0 Å². The van der Waals surface area contributed by atoms with Crippen LogP contribution in [0.15, 0.2) is 36.4 Å². The molecular weight excluding hydrogens is 258 g/mol. The molecule has 0 aliphatic rings. The van der Waals surface area contributed by atoms with E-state index in [0.717, 1.165) is 16.7 Å². The van der Waals surface area contributed by atoms with E-state index in [2.05, 4.69) is 37.4 Å². The van der Waals surface area contributed by atoms with Crippen LogP contribution in [0.1, 0.15) is 51.1 Å². The van der Waals surface area contributed by atoms with Crippen molar-refractivity contribution < 1.29 is 4.79 Å². The standard InChI is InChI=1S/C19H23NO/c1-12-9-10-14(3)18(11-12)16(5)20-19(21)17-8-6-7-13(2)15(17)4/h6-11,16H,1-5H3,(H,20,21). The molecule has 2 aromatic rings. The molecule has 0 bridgehead atoms. The summed E-state index contributed by atoms with van der Waals surface area (Å²) in [4.78, 5) is 12.5. The van der Waals surface area contributed by atoms with Crippen LogP contribution in [0, 0.1) is 27.7 Å². The lowest BCUT2D eigenvalue weighted by molar-refractivity contribution is 0.0939. The molecule has 0 aromatic heterocycles. The Labute approximate surface area is 127 Å². The zero-order valence-electron chi connectivity index (χ0n) is 13.4. The zero-order valence-corrected chi connectivity index (χ0v) is 13.4. The van der Waals surface area contributed by atoms with Crippen molar-refractivity contribution in [3.8, 4) is 0 Å². The van der Waals surface area contributed by atoms with Crippen molar-refractivity contribution in [1.29, 1.82) is 0 Å². The van der Waals surface area contributed by atoms with Gasteiger partial charge in [0.05, 0.1) is 6.04 Å². The topological polar surface area (TPSA) is 29.1 Å². The molecule has 110 valence electrons. The predicted octanol–water partition coefficient (Wildman–Crippen LogP) is 4.41. The van der Waals surface area contributed by atoms with Crippen LogP contribution in [0.3, 0.4) is 0 Å². The summed E-state index contributed by atoms with van der Waals surface area (Å²) in [6.07, 6.45) is 0. The third-order valence-corrected chi connectivity index (χ3v) is 4.10. The first-order valence-corrected chi connectivity index (χ1v) is 7.34. The maximum absolute atomic E-state index is 12.5. The number of aryl methyl sites for hydroxylation is 3. The third kappa shape index (κ3) is 3.33. The van der Waals surface area contributed by atoms with Gasteiger partial charge in [0.2, 0.25) is 0 Å². The number of nitrogens with one attached hydrogen (secondary N) is 1. The fourth-order valence-corrected chi connectivity index (χ4v) is 2.58. The Morgan fingerprint density at radius 2 is 1.71 bits per heavy atom. The lowest BCUT2D eigenvalue weighted by Gasteiger charge is -2.18. The van der Waals surface area contributed by atoms with Gasteiger partial charge in [-0.05, 0) is 62.9 Å². The van der Waals surface area contributed by atoms with Crippen molar-refractivity contribution >= 4 is 5.91 Å². The summed E-state index contributed by atoms with van der Waals surface area (Å²) < 4.78 is 0. The average Bonchev–Trinajstić information content (AvgIpc) is 2.44. The third-order valence-electron chi connectivity index (χ3n) is 4.10. The Morgan fingerprint density at radius 1 is 1.00 bits per heavy atom. The highest BCUT2D eigenvalue weighted by Crippen LogP contribution is 2.20. The van der Waals surface area contributed by atoms with E-state index in [9.17, 15) is 4.79 Å². The molecule has 0 fully saturated rings. The first-order chi connectivity index (χ1) is 9.90. The number of amides is 1. The average molecular weight is 281 g/mol. The molecule has 0 saturated heterocycles. The van der Waals surface area contributed by atoms with Gasteiger partial charge in [-0.1, -0.05) is 35.9 Å². The number of rotatable bonds is 3. The van der Waals surface area contributed by atoms with Crippen LogP contribution in [0.4, 0.5) is 0 Å². The van der Waals surface area contributed by atoms with Crippen molar-refractivity contribution in [2.45, 2.75) is 40.7 Å². The summed E-state index contributed by atoms with van der Waals surface area (Å²) in [6.45, 7) is 10.2. The highest BCUT2D eigenvalue weighted by Gasteiger charge is 2.15. The zero-order chi connectivity index (χ0) is 15.6. The van der Waals surface area contributed by atoms with Gasteiger partial charge in [-0.15, -0.1) is 0 Å². The fraction of sp³-hybridized carbons (Fsp3) is 0.316. The molecular formula is C19H23NO. The maximum atomic E-state index is 12.5. The monoisotopic (exact) mass is 281 g/mol. The van der Waals surface area contributed by atoms with Crippen LogP contribution in [-0.4, -0.2) is 5.91 Å². The van der Waals surface area contributed by atoms with Crippen LogP contribution < -0.4 is 5.32 Å². The largest absolute Gasteiger partial charge is 0.345 e. The van der Waals surface area contributed by atoms with Gasteiger partial charge in [-0.3, -0.25) is 4.79 Å². The summed E-state index contributed by atoms with van der Waals surface area (Å²) in [6, 6.07) is 12.2. The summed E-state index contributed by atoms with van der Waals surface area (Å²) in [7, 11) is 0. The minimum Gasteiger partial charge on any atom is -0.345 e. The molecule has 2 aromatic carbocycles. The van der Waals surface area contributed by atoms with Gasteiger partial charge in [0.25, 0.3) is 5.91 Å². The molecule has 1 amide bonds. The molecule has 2 heteroatoms. The molecule has 0 aliphatic heterocycles. The molecule has 1 N–H and O–H groups in total. The van der Waals surface area contributed by atoms with Crippen LogP contribution in [0.5, 0.6) is 0 Å². The number of hydrogen-bond donors (Lipinski definition) is 1. The van der Waals surface area contributed by atoms with Crippen LogP contribution in [0.2, 0.25) is 0 Å². The summed E-state index contributed by atoms with van der Waals surface area (Å²) in [5.41, 5.74) is 6.53. The summed E-state index contributed by atoms with van der Waals surface area (Å²) in [5.74, 6) is -0.00962. The Kier molecular flexibility index (Phi) is 4.46. The number of hydrogen-bond acceptors (Lipinski definition) is 1. The Bertz CT molecular complexity index is 673. The van der Waals surface area contributed by atoms with E-state index < -0.39 is 0 Å². The Morgan fingerprint density at radius 3 is 2.43 bits per heavy atom. The number of benzene rings is 2. The Balaban J connectivity index is 2.23. The minimum atomic E-state index is -0.00962. The van der Waals surface area contributed by atoms with Gasteiger partial charge in [-0.2, -0.15) is 0 Å². The fourth-order valence-electron chi connectivity index (χ4n) is 2.58. The van der Waals surface area contributed by atoms with Crippen molar-refractivity contribution in [2.75, 3.05) is 0 Å². The van der Waals surface area contributed by atoms with Gasteiger partial charge in [0.1, 0.15) is 0 Å². The van der Waals surface area contributed by atoms with Crippen molar-refractivity contribution in [1.82, 2.24) is 5.32 Å². The Hall–Kier alpha value is -2.09.